The Morgan fingerprint density at radius 3 is 1.82 bits per heavy atom. The van der Waals surface area contributed by atoms with E-state index in [4.69, 9.17) is 18.8 Å². The molecule has 28 heavy (non-hydrogen) atoms. The molecule has 0 aromatic rings. The molecule has 6 nitrogen and oxygen atoms in total. The fraction of sp³-hybridized carbons (Fsp3) is 1.00. The van der Waals surface area contributed by atoms with Crippen molar-refractivity contribution in [3.05, 3.63) is 0 Å². The Hall–Kier alpha value is 6.76. The molecule has 0 aromatic carbocycles. The summed E-state index contributed by atoms with van der Waals surface area (Å²) in [5.41, 5.74) is 0. The van der Waals surface area contributed by atoms with Crippen molar-refractivity contribution in [2.75, 3.05) is 4.93 Å². The number of alkyl halides is 10. The van der Waals surface area contributed by atoms with Crippen molar-refractivity contribution in [3.63, 3.8) is 0 Å². The molecule has 1 saturated heterocycles. The van der Waals surface area contributed by atoms with Crippen molar-refractivity contribution in [3.8, 4) is 0 Å². The van der Waals surface area contributed by atoms with Gasteiger partial charge in [0.05, 0.1) is 0 Å². The first kappa shape index (κ1) is 32.8. The molecule has 0 spiro atoms. The molecule has 1 N–H and O–H groups in total. The van der Waals surface area contributed by atoms with E-state index in [1.807, 2.05) is 32.2 Å². The third kappa shape index (κ3) is 9.26. The van der Waals surface area contributed by atoms with Gasteiger partial charge < -0.3 is 0 Å². The third-order valence-electron chi connectivity index (χ3n) is 3.31. The fourth-order valence-electron chi connectivity index (χ4n) is 2.01. The minimum atomic E-state index is -3.53. The summed E-state index contributed by atoms with van der Waals surface area (Å²) in [6.07, 6.45) is -0.139. The first-order chi connectivity index (χ1) is 12.0. The Labute approximate surface area is 283 Å². The summed E-state index contributed by atoms with van der Waals surface area (Å²) >= 11 is 14.9. The van der Waals surface area contributed by atoms with Gasteiger partial charge in [0.1, 0.15) is 0 Å². The Kier molecular flexibility index (Phi) is 13.2. The minimum absolute atomic E-state index is 0.139. The van der Waals surface area contributed by atoms with Crippen LogP contribution in [0.2, 0.25) is 13.1 Å². The Balaban J connectivity index is 3.53. The van der Waals surface area contributed by atoms with E-state index in [2.05, 4.69) is 181 Å². The summed E-state index contributed by atoms with van der Waals surface area (Å²) in [5, 5.41) is 0. The second-order valence-electron chi connectivity index (χ2n) is 6.36. The van der Waals surface area contributed by atoms with Gasteiger partial charge in [-0.2, -0.15) is 0 Å². The second kappa shape index (κ2) is 11.2. The van der Waals surface area contributed by atoms with Crippen LogP contribution in [0.4, 0.5) is 0 Å². The molecule has 1 fully saturated rings. The molecule has 17 heteroatoms. The molecule has 0 radical (unpaired) electrons. The van der Waals surface area contributed by atoms with Crippen molar-refractivity contribution in [2.24, 2.45) is 0 Å². The van der Waals surface area contributed by atoms with E-state index >= 15 is 0 Å². The molecule has 0 aliphatic carbocycles. The summed E-state index contributed by atoms with van der Waals surface area (Å²) in [4.78, 5) is 13.1. The standard InChI is InChI=1S/C11H20I9O6Si2/c1-7(10(14,15)16)22-28(6)24-8(2,11(17,18)19)23-27(5,21)25-20(4,26-28)9(3,12)13/h7,21H,1-6H3/q-1. The number of halogens is 9. The molecule has 5 atom stereocenters. The molecule has 1 aliphatic heterocycles. The Morgan fingerprint density at radius 1 is 1.00 bits per heavy atom. The average molecular weight is 1450 g/mol. The molecule has 1 rings (SSSR count). The van der Waals surface area contributed by atoms with E-state index in [0.717, 1.165) is 0 Å². The van der Waals surface area contributed by atoms with Gasteiger partial charge in [0.2, 0.25) is 0 Å². The Bertz CT molecular complexity index is 546. The van der Waals surface area contributed by atoms with Crippen LogP contribution >= 0.6 is 181 Å². The van der Waals surface area contributed by atoms with Crippen LogP contribution in [-0.4, -0.2) is 37.5 Å². The summed E-state index contributed by atoms with van der Waals surface area (Å²) in [5.74, 6) is -1.16. The topological polar surface area (TPSA) is 66.4 Å². The zero-order valence-electron chi connectivity index (χ0n) is 15.5. The first-order valence-corrected chi connectivity index (χ1v) is 25.5. The summed E-state index contributed by atoms with van der Waals surface area (Å²) < 4.78 is 31.4. The average Bonchev–Trinajstić information content (AvgIpc) is 2.30. The molecule has 1 heterocycles. The maximum absolute atomic E-state index is 11.1. The van der Waals surface area contributed by atoms with Gasteiger partial charge in [-0.3, -0.25) is 0 Å². The quantitative estimate of drug-likeness (QED) is 0.251. The van der Waals surface area contributed by atoms with Crippen LogP contribution in [0.25, 0.3) is 0 Å². The van der Waals surface area contributed by atoms with E-state index in [1.54, 1.807) is 6.55 Å². The first-order valence-electron chi connectivity index (χ1n) is 7.39. The van der Waals surface area contributed by atoms with Gasteiger partial charge in [-0.1, -0.05) is 0 Å². The van der Waals surface area contributed by atoms with Crippen molar-refractivity contribution >= 4 is 198 Å². The predicted molar refractivity (Wildman–Crippen MR) is 181 cm³/mol. The van der Waals surface area contributed by atoms with Crippen LogP contribution < -0.4 is 19.3 Å². The molecule has 0 aromatic heterocycles. The molecule has 172 valence electrons. The molecular weight excluding hydrogens is 1430 g/mol. The zero-order valence-corrected chi connectivity index (χ0v) is 36.9. The fourth-order valence-corrected chi connectivity index (χ4v) is 29.3. The molecule has 5 unspecified atom stereocenters. The number of hydrogen-bond acceptors (Lipinski definition) is 6. The van der Waals surface area contributed by atoms with E-state index in [0.29, 0.717) is 0 Å². The van der Waals surface area contributed by atoms with E-state index < -0.39 is 42.1 Å². The van der Waals surface area contributed by atoms with Crippen molar-refractivity contribution in [2.45, 2.75) is 44.1 Å². The van der Waals surface area contributed by atoms with Gasteiger partial charge >= 0.3 is 290 Å². The van der Waals surface area contributed by atoms with Crippen LogP contribution in [-0.2, 0) is 18.8 Å². The normalized spacial score (nSPS) is 42.2. The van der Waals surface area contributed by atoms with Gasteiger partial charge in [0.25, 0.3) is 0 Å². The monoisotopic (exact) mass is 1450 g/mol. The van der Waals surface area contributed by atoms with Gasteiger partial charge in [0, 0.05) is 0 Å². The van der Waals surface area contributed by atoms with Crippen molar-refractivity contribution in [1.82, 2.24) is 0 Å². The van der Waals surface area contributed by atoms with Gasteiger partial charge in [-0.25, -0.2) is 0 Å². The third-order valence-corrected chi connectivity index (χ3v) is 35.6. The SMILES string of the molecule is CC(O[Si]1(C)OC(C)(C(I)(I)I)O[Si](C)(O)O[I-](C)(C(C)(I)I)O1)C(I)(I)I. The summed E-state index contributed by atoms with van der Waals surface area (Å²) in [7, 11) is -6.78. The molecule has 1 aliphatic rings. The van der Waals surface area contributed by atoms with E-state index in [-0.39, 0.29) is 4.97 Å². The van der Waals surface area contributed by atoms with Crippen LogP contribution in [0.15, 0.2) is 0 Å². The van der Waals surface area contributed by atoms with Crippen LogP contribution in [0, 0.1) is 0 Å². The number of hydrogen-bond donors (Lipinski definition) is 1. The van der Waals surface area contributed by atoms with Crippen molar-refractivity contribution in [1.29, 1.82) is 0 Å². The van der Waals surface area contributed by atoms with Crippen LogP contribution in [0.5, 0.6) is 0 Å². The van der Waals surface area contributed by atoms with Gasteiger partial charge in [-0.15, -0.1) is 0 Å². The Morgan fingerprint density at radius 2 is 1.46 bits per heavy atom. The van der Waals surface area contributed by atoms with E-state index in [1.165, 1.54) is 0 Å². The summed E-state index contributed by atoms with van der Waals surface area (Å²) in [6, 6.07) is 0. The molecular formula is C11H20I9O6Si2-. The second-order valence-corrected chi connectivity index (χ2v) is 52.6. The maximum atomic E-state index is 11.1. The molecule has 0 saturated carbocycles. The van der Waals surface area contributed by atoms with Gasteiger partial charge in [-0.05, 0) is 0 Å². The van der Waals surface area contributed by atoms with Crippen LogP contribution in [0.3, 0.4) is 0 Å². The predicted octanol–water partition coefficient (Wildman–Crippen LogP) is 4.40. The molecule has 0 bridgehead atoms. The van der Waals surface area contributed by atoms with Gasteiger partial charge in [0.15, 0.2) is 0 Å². The zero-order chi connectivity index (χ0) is 22.6. The summed E-state index contributed by atoms with van der Waals surface area (Å²) in [6.45, 7) is 9.42. The number of rotatable bonds is 5. The van der Waals surface area contributed by atoms with Crippen LogP contribution in [0.1, 0.15) is 20.8 Å². The molecule has 0 amide bonds. The van der Waals surface area contributed by atoms with Crippen molar-refractivity contribution < 1.29 is 42.8 Å². The van der Waals surface area contributed by atoms with E-state index in [9.17, 15) is 4.80 Å².